The lowest BCUT2D eigenvalue weighted by Gasteiger charge is -2.34. The zero-order chi connectivity index (χ0) is 11.2. The molecule has 0 radical (unpaired) electrons. The van der Waals surface area contributed by atoms with Crippen molar-refractivity contribution >= 4 is 5.91 Å². The molecular weight excluding hydrogens is 190 g/mol. The van der Waals surface area contributed by atoms with E-state index in [0.717, 1.165) is 0 Å². The van der Waals surface area contributed by atoms with Crippen molar-refractivity contribution in [2.24, 2.45) is 17.8 Å². The van der Waals surface area contributed by atoms with Gasteiger partial charge in [-0.25, -0.2) is 0 Å². The number of aliphatic hydroxyl groups is 1. The van der Waals surface area contributed by atoms with Crippen LogP contribution in [0.5, 0.6) is 0 Å². The Bertz CT molecular complexity index is 265. The Kier molecular flexibility index (Phi) is 2.53. The van der Waals surface area contributed by atoms with E-state index in [-0.39, 0.29) is 18.4 Å². The molecule has 1 amide bonds. The van der Waals surface area contributed by atoms with E-state index < -0.39 is 5.54 Å². The Morgan fingerprint density at radius 2 is 1.93 bits per heavy atom. The van der Waals surface area contributed by atoms with Crippen LogP contribution in [0.15, 0.2) is 0 Å². The molecule has 2 unspecified atom stereocenters. The summed E-state index contributed by atoms with van der Waals surface area (Å²) in [4.78, 5) is 13.9. The van der Waals surface area contributed by atoms with Crippen molar-refractivity contribution in [3.05, 3.63) is 0 Å². The third-order valence-electron chi connectivity index (χ3n) is 4.32. The Morgan fingerprint density at radius 1 is 1.40 bits per heavy atom. The highest BCUT2D eigenvalue weighted by atomic mass is 16.3. The molecule has 0 saturated heterocycles. The van der Waals surface area contributed by atoms with E-state index in [0.29, 0.717) is 11.8 Å². The fourth-order valence-electron chi connectivity index (χ4n) is 2.82. The highest BCUT2D eigenvalue weighted by Gasteiger charge is 2.57. The van der Waals surface area contributed by atoms with Gasteiger partial charge in [-0.3, -0.25) is 4.79 Å². The first-order chi connectivity index (χ1) is 6.99. The molecule has 2 aliphatic carbocycles. The molecule has 3 heteroatoms. The summed E-state index contributed by atoms with van der Waals surface area (Å²) in [6.45, 7) is 3.84. The number of nitrogens with zero attached hydrogens (tertiary/aromatic N) is 1. The fraction of sp³-hybridized carbons (Fsp3) is 0.917. The SMILES string of the molecule is CN(C(=O)C1C2CCCC21)C(C)(C)CO. The minimum absolute atomic E-state index is 0.0251. The lowest BCUT2D eigenvalue weighted by atomic mass is 10.0. The molecule has 2 atom stereocenters. The maximum Gasteiger partial charge on any atom is 0.226 e. The highest BCUT2D eigenvalue weighted by Crippen LogP contribution is 2.58. The van der Waals surface area contributed by atoms with Crippen molar-refractivity contribution in [1.29, 1.82) is 0 Å². The number of amides is 1. The van der Waals surface area contributed by atoms with Gasteiger partial charge in [-0.05, 0) is 38.5 Å². The van der Waals surface area contributed by atoms with Crippen LogP contribution < -0.4 is 0 Å². The average molecular weight is 211 g/mol. The fourth-order valence-corrected chi connectivity index (χ4v) is 2.82. The van der Waals surface area contributed by atoms with Crippen LogP contribution in [0, 0.1) is 17.8 Å². The van der Waals surface area contributed by atoms with Gasteiger partial charge in [0.15, 0.2) is 0 Å². The molecule has 0 aromatic carbocycles. The second-order valence-electron chi connectivity index (χ2n) is 5.65. The normalized spacial score (nSPS) is 33.7. The zero-order valence-corrected chi connectivity index (χ0v) is 9.86. The molecule has 2 aliphatic rings. The number of likely N-dealkylation sites (N-methyl/N-ethyl adjacent to an activating group) is 1. The topological polar surface area (TPSA) is 40.5 Å². The van der Waals surface area contributed by atoms with Gasteiger partial charge >= 0.3 is 0 Å². The molecule has 1 N–H and O–H groups in total. The van der Waals surface area contributed by atoms with Gasteiger partial charge in [-0.15, -0.1) is 0 Å². The van der Waals surface area contributed by atoms with Gasteiger partial charge in [0.1, 0.15) is 0 Å². The number of rotatable bonds is 3. The molecule has 3 nitrogen and oxygen atoms in total. The summed E-state index contributed by atoms with van der Waals surface area (Å²) >= 11 is 0. The number of carbonyl (C=O) groups excluding carboxylic acids is 1. The van der Waals surface area contributed by atoms with Crippen LogP contribution in [0.2, 0.25) is 0 Å². The summed E-state index contributed by atoms with van der Waals surface area (Å²) in [5.74, 6) is 1.84. The molecule has 15 heavy (non-hydrogen) atoms. The maximum absolute atomic E-state index is 12.1. The van der Waals surface area contributed by atoms with Crippen LogP contribution in [-0.4, -0.2) is 35.1 Å². The number of aliphatic hydroxyl groups excluding tert-OH is 1. The number of hydrogen-bond acceptors (Lipinski definition) is 2. The number of carbonyl (C=O) groups is 1. The molecule has 0 aliphatic heterocycles. The quantitative estimate of drug-likeness (QED) is 0.763. The number of hydrogen-bond donors (Lipinski definition) is 1. The molecule has 0 heterocycles. The molecular formula is C12H21NO2. The molecule has 86 valence electrons. The van der Waals surface area contributed by atoms with E-state index in [1.165, 1.54) is 19.3 Å². The van der Waals surface area contributed by atoms with Crippen LogP contribution in [0.4, 0.5) is 0 Å². The van der Waals surface area contributed by atoms with Crippen molar-refractivity contribution in [1.82, 2.24) is 4.90 Å². The molecule has 0 aromatic rings. The molecule has 0 aromatic heterocycles. The first-order valence-electron chi connectivity index (χ1n) is 5.87. The van der Waals surface area contributed by atoms with Gasteiger partial charge in [-0.2, -0.15) is 0 Å². The first-order valence-corrected chi connectivity index (χ1v) is 5.87. The lowest BCUT2D eigenvalue weighted by Crippen LogP contribution is -2.48. The largest absolute Gasteiger partial charge is 0.394 e. The van der Waals surface area contributed by atoms with Crippen molar-refractivity contribution in [3.63, 3.8) is 0 Å². The second kappa shape index (κ2) is 3.48. The van der Waals surface area contributed by atoms with Gasteiger partial charge in [0.25, 0.3) is 0 Å². The van der Waals surface area contributed by atoms with E-state index in [2.05, 4.69) is 0 Å². The van der Waals surface area contributed by atoms with Crippen molar-refractivity contribution in [2.45, 2.75) is 38.6 Å². The van der Waals surface area contributed by atoms with Crippen LogP contribution in [0.1, 0.15) is 33.1 Å². The van der Waals surface area contributed by atoms with Crippen LogP contribution in [0.25, 0.3) is 0 Å². The molecule has 2 saturated carbocycles. The zero-order valence-electron chi connectivity index (χ0n) is 9.86. The van der Waals surface area contributed by atoms with Crippen LogP contribution in [-0.2, 0) is 4.79 Å². The molecule has 0 bridgehead atoms. The third-order valence-corrected chi connectivity index (χ3v) is 4.32. The second-order valence-corrected chi connectivity index (χ2v) is 5.65. The van der Waals surface area contributed by atoms with E-state index >= 15 is 0 Å². The molecule has 2 fully saturated rings. The van der Waals surface area contributed by atoms with Crippen LogP contribution >= 0.6 is 0 Å². The number of fused-ring (bicyclic) bond motifs is 1. The van der Waals surface area contributed by atoms with Crippen molar-refractivity contribution in [2.75, 3.05) is 13.7 Å². The van der Waals surface area contributed by atoms with E-state index in [4.69, 9.17) is 0 Å². The van der Waals surface area contributed by atoms with Crippen LogP contribution in [0.3, 0.4) is 0 Å². The molecule has 2 rings (SSSR count). The van der Waals surface area contributed by atoms with Gasteiger partial charge in [0.2, 0.25) is 5.91 Å². The predicted octanol–water partition coefficient (Wildman–Crippen LogP) is 1.26. The summed E-state index contributed by atoms with van der Waals surface area (Å²) in [5.41, 5.74) is -0.423. The van der Waals surface area contributed by atoms with E-state index in [1.54, 1.807) is 4.90 Å². The standard InChI is InChI=1S/C12H21NO2/c1-12(2,7-14)13(3)11(15)10-8-5-4-6-9(8)10/h8-10,14H,4-7H2,1-3H3. The first kappa shape index (κ1) is 10.9. The third kappa shape index (κ3) is 1.67. The maximum atomic E-state index is 12.1. The Balaban J connectivity index is 1.97. The summed E-state index contributed by atoms with van der Waals surface area (Å²) in [7, 11) is 1.81. The van der Waals surface area contributed by atoms with Gasteiger partial charge < -0.3 is 10.0 Å². The molecule has 0 spiro atoms. The Hall–Kier alpha value is -0.570. The van der Waals surface area contributed by atoms with Gasteiger partial charge in [-0.1, -0.05) is 6.42 Å². The average Bonchev–Trinajstić information content (AvgIpc) is 2.69. The Labute approximate surface area is 91.5 Å². The predicted molar refractivity (Wildman–Crippen MR) is 58.3 cm³/mol. The van der Waals surface area contributed by atoms with Gasteiger partial charge in [0, 0.05) is 13.0 Å². The van der Waals surface area contributed by atoms with Crippen molar-refractivity contribution < 1.29 is 9.90 Å². The summed E-state index contributed by atoms with van der Waals surface area (Å²) in [5, 5.41) is 9.22. The Morgan fingerprint density at radius 3 is 2.40 bits per heavy atom. The summed E-state index contributed by atoms with van der Waals surface area (Å²) in [6.07, 6.45) is 3.76. The smallest absolute Gasteiger partial charge is 0.226 e. The monoisotopic (exact) mass is 211 g/mol. The van der Waals surface area contributed by atoms with Crippen molar-refractivity contribution in [3.8, 4) is 0 Å². The van der Waals surface area contributed by atoms with E-state index in [1.807, 2.05) is 20.9 Å². The summed E-state index contributed by atoms with van der Waals surface area (Å²) in [6, 6.07) is 0. The lowest BCUT2D eigenvalue weighted by molar-refractivity contribution is -0.138. The highest BCUT2D eigenvalue weighted by molar-refractivity contribution is 5.83. The minimum Gasteiger partial charge on any atom is -0.394 e. The summed E-state index contributed by atoms with van der Waals surface area (Å²) < 4.78 is 0. The van der Waals surface area contributed by atoms with Gasteiger partial charge in [0.05, 0.1) is 12.1 Å². The minimum atomic E-state index is -0.423. The van der Waals surface area contributed by atoms with E-state index in [9.17, 15) is 9.90 Å².